The fourth-order valence-corrected chi connectivity index (χ4v) is 1.21. The minimum atomic E-state index is -4.57. The van der Waals surface area contributed by atoms with Gasteiger partial charge >= 0.3 is 6.18 Å². The highest BCUT2D eigenvalue weighted by Gasteiger charge is 2.38. The number of alkyl halides is 3. The minimum Gasteiger partial charge on any atom is -0.466 e. The molecule has 0 aliphatic heterocycles. The Kier molecular flexibility index (Phi) is 2.89. The molecular weight excluding hydrogens is 197 g/mol. The molecule has 1 unspecified atom stereocenters. The average molecular weight is 208 g/mol. The van der Waals surface area contributed by atoms with Crippen molar-refractivity contribution in [2.45, 2.75) is 32.5 Å². The first kappa shape index (κ1) is 11.1. The molecular formula is C9H11F3O2. The van der Waals surface area contributed by atoms with Crippen LogP contribution in [-0.2, 0) is 6.42 Å². The molecule has 0 aromatic carbocycles. The van der Waals surface area contributed by atoms with Crippen LogP contribution in [0.2, 0.25) is 0 Å². The van der Waals surface area contributed by atoms with E-state index in [0.29, 0.717) is 17.1 Å². The zero-order valence-electron chi connectivity index (χ0n) is 7.85. The molecule has 5 heteroatoms. The van der Waals surface area contributed by atoms with Crippen LogP contribution in [0.15, 0.2) is 10.5 Å². The summed E-state index contributed by atoms with van der Waals surface area (Å²) in [5.74, 6) is 0.970. The number of aliphatic hydroxyl groups is 1. The van der Waals surface area contributed by atoms with Gasteiger partial charge in [-0.15, -0.1) is 0 Å². The van der Waals surface area contributed by atoms with Crippen molar-refractivity contribution < 1.29 is 22.7 Å². The number of halogens is 3. The molecule has 1 atom stereocenters. The van der Waals surface area contributed by atoms with Crippen LogP contribution in [0, 0.1) is 13.8 Å². The largest absolute Gasteiger partial charge is 0.466 e. The van der Waals surface area contributed by atoms with E-state index in [4.69, 9.17) is 9.52 Å². The van der Waals surface area contributed by atoms with Gasteiger partial charge in [0.1, 0.15) is 11.5 Å². The maximum atomic E-state index is 12.0. The van der Waals surface area contributed by atoms with Crippen molar-refractivity contribution in [3.8, 4) is 0 Å². The van der Waals surface area contributed by atoms with Gasteiger partial charge in [0, 0.05) is 6.42 Å². The lowest BCUT2D eigenvalue weighted by molar-refractivity contribution is -0.203. The molecule has 80 valence electrons. The van der Waals surface area contributed by atoms with Gasteiger partial charge < -0.3 is 9.52 Å². The zero-order valence-corrected chi connectivity index (χ0v) is 7.85. The van der Waals surface area contributed by atoms with E-state index in [1.165, 1.54) is 6.07 Å². The highest BCUT2D eigenvalue weighted by atomic mass is 19.4. The standard InChI is InChI=1S/C9H11F3O2/c1-5-3-7(6(2)14-5)4-8(13)9(10,11)12/h3,8,13H,4H2,1-2H3. The first-order valence-corrected chi connectivity index (χ1v) is 4.11. The lowest BCUT2D eigenvalue weighted by atomic mass is 10.1. The first-order valence-electron chi connectivity index (χ1n) is 4.11. The number of aliphatic hydroxyl groups excluding tert-OH is 1. The minimum absolute atomic E-state index is 0.396. The summed E-state index contributed by atoms with van der Waals surface area (Å²) in [5.41, 5.74) is 0.396. The van der Waals surface area contributed by atoms with E-state index in [0.717, 1.165) is 0 Å². The highest BCUT2D eigenvalue weighted by molar-refractivity contribution is 5.21. The topological polar surface area (TPSA) is 33.4 Å². The summed E-state index contributed by atoms with van der Waals surface area (Å²) < 4.78 is 41.0. The number of hydrogen-bond donors (Lipinski definition) is 1. The molecule has 1 N–H and O–H groups in total. The molecule has 1 rings (SSSR count). The Morgan fingerprint density at radius 2 is 2.00 bits per heavy atom. The molecule has 0 bridgehead atoms. The van der Waals surface area contributed by atoms with Crippen molar-refractivity contribution in [2.24, 2.45) is 0 Å². The maximum absolute atomic E-state index is 12.0. The third kappa shape index (κ3) is 2.51. The molecule has 0 spiro atoms. The average Bonchev–Trinajstić information content (AvgIpc) is 2.28. The molecule has 1 aromatic rings. The molecule has 0 aliphatic carbocycles. The summed E-state index contributed by atoms with van der Waals surface area (Å²) >= 11 is 0. The smallest absolute Gasteiger partial charge is 0.414 e. The van der Waals surface area contributed by atoms with Crippen LogP contribution in [0.4, 0.5) is 13.2 Å². The molecule has 0 saturated carbocycles. The van der Waals surface area contributed by atoms with E-state index < -0.39 is 18.7 Å². The van der Waals surface area contributed by atoms with E-state index in [1.54, 1.807) is 13.8 Å². The Bertz CT molecular complexity index is 314. The molecule has 0 aliphatic rings. The first-order chi connectivity index (χ1) is 6.30. The van der Waals surface area contributed by atoms with Gasteiger partial charge in [0.25, 0.3) is 0 Å². The monoisotopic (exact) mass is 208 g/mol. The van der Waals surface area contributed by atoms with Crippen molar-refractivity contribution in [1.29, 1.82) is 0 Å². The van der Waals surface area contributed by atoms with Crippen LogP contribution in [0.25, 0.3) is 0 Å². The Morgan fingerprint density at radius 3 is 2.36 bits per heavy atom. The predicted molar refractivity (Wildman–Crippen MR) is 43.9 cm³/mol. The van der Waals surface area contributed by atoms with Crippen LogP contribution in [0.1, 0.15) is 17.1 Å². The van der Waals surface area contributed by atoms with Crippen molar-refractivity contribution >= 4 is 0 Å². The van der Waals surface area contributed by atoms with Gasteiger partial charge in [-0.05, 0) is 25.5 Å². The van der Waals surface area contributed by atoms with Crippen molar-refractivity contribution in [2.75, 3.05) is 0 Å². The van der Waals surface area contributed by atoms with Crippen molar-refractivity contribution in [3.63, 3.8) is 0 Å². The Hall–Kier alpha value is -0.970. The van der Waals surface area contributed by atoms with Gasteiger partial charge in [-0.3, -0.25) is 0 Å². The molecule has 1 aromatic heterocycles. The van der Waals surface area contributed by atoms with Crippen molar-refractivity contribution in [3.05, 3.63) is 23.2 Å². The Morgan fingerprint density at radius 1 is 1.43 bits per heavy atom. The van der Waals surface area contributed by atoms with Gasteiger partial charge in [0.15, 0.2) is 6.10 Å². The lowest BCUT2D eigenvalue weighted by Gasteiger charge is -2.13. The summed E-state index contributed by atoms with van der Waals surface area (Å²) in [7, 11) is 0. The normalized spacial score (nSPS) is 14.4. The number of hydrogen-bond acceptors (Lipinski definition) is 2. The van der Waals surface area contributed by atoms with Crippen LogP contribution in [-0.4, -0.2) is 17.4 Å². The van der Waals surface area contributed by atoms with Crippen LogP contribution in [0.5, 0.6) is 0 Å². The Balaban J connectivity index is 2.74. The SMILES string of the molecule is Cc1cc(CC(O)C(F)(F)F)c(C)o1. The summed E-state index contributed by atoms with van der Waals surface area (Å²) in [4.78, 5) is 0. The highest BCUT2D eigenvalue weighted by Crippen LogP contribution is 2.25. The second kappa shape index (κ2) is 3.65. The Labute approximate surface area is 79.3 Å². The summed E-state index contributed by atoms with van der Waals surface area (Å²) in [5, 5.41) is 8.81. The van der Waals surface area contributed by atoms with Gasteiger partial charge in [-0.1, -0.05) is 0 Å². The van der Waals surface area contributed by atoms with Gasteiger partial charge in [-0.2, -0.15) is 13.2 Å². The maximum Gasteiger partial charge on any atom is 0.414 e. The lowest BCUT2D eigenvalue weighted by Crippen LogP contribution is -2.30. The van der Waals surface area contributed by atoms with E-state index in [-0.39, 0.29) is 0 Å². The molecule has 0 radical (unpaired) electrons. The van der Waals surface area contributed by atoms with E-state index >= 15 is 0 Å². The van der Waals surface area contributed by atoms with Gasteiger partial charge in [0.2, 0.25) is 0 Å². The molecule has 0 saturated heterocycles. The number of rotatable bonds is 2. The molecule has 2 nitrogen and oxygen atoms in total. The third-order valence-electron chi connectivity index (χ3n) is 1.93. The fourth-order valence-electron chi connectivity index (χ4n) is 1.21. The number of furan rings is 1. The van der Waals surface area contributed by atoms with Crippen LogP contribution in [0.3, 0.4) is 0 Å². The predicted octanol–water partition coefficient (Wildman–Crippen LogP) is 2.36. The van der Waals surface area contributed by atoms with Crippen LogP contribution < -0.4 is 0 Å². The van der Waals surface area contributed by atoms with E-state index in [9.17, 15) is 13.2 Å². The second-order valence-electron chi connectivity index (χ2n) is 3.20. The summed E-state index contributed by atoms with van der Waals surface area (Å²) in [6, 6.07) is 1.50. The third-order valence-corrected chi connectivity index (χ3v) is 1.93. The van der Waals surface area contributed by atoms with E-state index in [1.807, 2.05) is 0 Å². The fraction of sp³-hybridized carbons (Fsp3) is 0.556. The number of aryl methyl sites for hydroxylation is 2. The van der Waals surface area contributed by atoms with Gasteiger partial charge in [0.05, 0.1) is 0 Å². The zero-order chi connectivity index (χ0) is 10.9. The van der Waals surface area contributed by atoms with Crippen molar-refractivity contribution in [1.82, 2.24) is 0 Å². The summed E-state index contributed by atoms with van der Waals surface area (Å²) in [6.07, 6.45) is -7.34. The van der Waals surface area contributed by atoms with E-state index in [2.05, 4.69) is 0 Å². The molecule has 14 heavy (non-hydrogen) atoms. The quantitative estimate of drug-likeness (QED) is 0.809. The summed E-state index contributed by atoms with van der Waals surface area (Å²) in [6.45, 7) is 3.22. The second-order valence-corrected chi connectivity index (χ2v) is 3.20. The van der Waals surface area contributed by atoms with Gasteiger partial charge in [-0.25, -0.2) is 0 Å². The van der Waals surface area contributed by atoms with Crippen LogP contribution >= 0.6 is 0 Å². The molecule has 0 fully saturated rings. The molecule has 1 heterocycles. The molecule has 0 amide bonds.